The smallest absolute Gasteiger partial charge is 0.407 e. The van der Waals surface area contributed by atoms with Crippen molar-refractivity contribution in [3.63, 3.8) is 0 Å². The quantitative estimate of drug-likeness (QED) is 0.0891. The van der Waals surface area contributed by atoms with Crippen LogP contribution in [0, 0.1) is 0 Å². The van der Waals surface area contributed by atoms with Gasteiger partial charge in [-0.3, -0.25) is 9.59 Å². The SMILES string of the molecule is CCCCC(NC(=O)COc1ccc2c(c1)CCc1ccccc1C2NC(=O)OCC1c2ccccc2-c2ccccc21)C(=O)NC(c1ccccc1)c1ccc(C2CCCCCC2)cc1. The van der Waals surface area contributed by atoms with Crippen LogP contribution in [0.25, 0.3) is 11.1 Å². The van der Waals surface area contributed by atoms with Crippen molar-refractivity contribution < 1.29 is 23.9 Å². The number of rotatable bonds is 15. The number of alkyl carbamates (subject to hydrolysis) is 1. The fraction of sp³-hybridized carbons (Fsp3) is 0.328. The topological polar surface area (TPSA) is 106 Å². The van der Waals surface area contributed by atoms with E-state index >= 15 is 0 Å². The first-order valence-corrected chi connectivity index (χ1v) is 24.1. The zero-order valence-electron chi connectivity index (χ0n) is 38.0. The van der Waals surface area contributed by atoms with Gasteiger partial charge in [0.2, 0.25) is 5.91 Å². The Kier molecular flexibility index (Phi) is 14.2. The lowest BCUT2D eigenvalue weighted by molar-refractivity contribution is -0.130. The first-order valence-electron chi connectivity index (χ1n) is 24.1. The van der Waals surface area contributed by atoms with Crippen LogP contribution in [0.15, 0.2) is 146 Å². The number of unbranched alkanes of at least 4 members (excludes halogenated alkanes) is 1. The molecule has 1 saturated carbocycles. The standard InChI is InChI=1S/C58H61N3O5/c1-2-3-27-53(57(63)60-55(42-20-9-6-10-21-42)43-31-28-40(29-32-43)39-17-7-4-5-8-18-39)59-54(62)38-65-45-34-35-47-44(36-45)33-30-41-19-11-12-22-46(41)56(47)61-58(64)66-37-52-50-25-15-13-23-48(50)49-24-14-16-26-51(49)52/h6,9-16,19-26,28-29,31-32,34-36,39,52-53,55-56H,2-5,7-8,17-18,27,30,33,37-38H2,1H3,(H,59,62)(H,60,63)(H,61,64). The summed E-state index contributed by atoms with van der Waals surface area (Å²) in [7, 11) is 0. The van der Waals surface area contributed by atoms with Gasteiger partial charge in [0.25, 0.3) is 5.91 Å². The molecule has 0 aromatic heterocycles. The summed E-state index contributed by atoms with van der Waals surface area (Å²) in [5.41, 5.74) is 12.2. The molecule has 0 heterocycles. The zero-order valence-corrected chi connectivity index (χ0v) is 38.0. The van der Waals surface area contributed by atoms with Crippen LogP contribution in [0.4, 0.5) is 4.79 Å². The molecule has 8 heteroatoms. The highest BCUT2D eigenvalue weighted by Gasteiger charge is 2.31. The summed E-state index contributed by atoms with van der Waals surface area (Å²) in [6.07, 6.45) is 10.8. The van der Waals surface area contributed by atoms with Crippen molar-refractivity contribution in [1.82, 2.24) is 16.0 Å². The van der Waals surface area contributed by atoms with Crippen LogP contribution in [-0.4, -0.2) is 37.2 Å². The molecule has 1 fully saturated rings. The van der Waals surface area contributed by atoms with E-state index in [9.17, 15) is 14.4 Å². The lowest BCUT2D eigenvalue weighted by Gasteiger charge is -2.25. The Hall–Kier alpha value is -6.67. The fourth-order valence-corrected chi connectivity index (χ4v) is 10.4. The normalized spacial score (nSPS) is 16.5. The number of fused-ring (bicyclic) bond motifs is 5. The predicted octanol–water partition coefficient (Wildman–Crippen LogP) is 11.8. The number of benzene rings is 6. The van der Waals surface area contributed by atoms with E-state index in [2.05, 4.69) is 83.5 Å². The minimum atomic E-state index is -0.729. The van der Waals surface area contributed by atoms with Crippen LogP contribution in [0.3, 0.4) is 0 Å². The predicted molar refractivity (Wildman–Crippen MR) is 261 cm³/mol. The summed E-state index contributed by atoms with van der Waals surface area (Å²) in [4.78, 5) is 41.5. The molecule has 3 aliphatic carbocycles. The maximum absolute atomic E-state index is 14.2. The molecule has 3 aliphatic rings. The third kappa shape index (κ3) is 10.2. The van der Waals surface area contributed by atoms with Crippen molar-refractivity contribution in [1.29, 1.82) is 0 Å². The molecule has 6 aromatic carbocycles. The second-order valence-corrected chi connectivity index (χ2v) is 18.2. The summed E-state index contributed by atoms with van der Waals surface area (Å²) in [6.45, 7) is 2.05. The molecule has 66 heavy (non-hydrogen) atoms. The minimum absolute atomic E-state index is 0.0467. The third-order valence-corrected chi connectivity index (χ3v) is 13.9. The second kappa shape index (κ2) is 21.1. The number of ether oxygens (including phenoxy) is 2. The summed E-state index contributed by atoms with van der Waals surface area (Å²) in [6, 6.07) is 47.9. The van der Waals surface area contributed by atoms with Crippen molar-refractivity contribution in [2.24, 2.45) is 0 Å². The van der Waals surface area contributed by atoms with Gasteiger partial charge in [-0.2, -0.15) is 0 Å². The van der Waals surface area contributed by atoms with Crippen LogP contribution in [0.2, 0.25) is 0 Å². The molecule has 0 saturated heterocycles. The molecule has 338 valence electrons. The lowest BCUT2D eigenvalue weighted by atomic mass is 9.89. The Morgan fingerprint density at radius 3 is 1.97 bits per heavy atom. The van der Waals surface area contributed by atoms with E-state index in [1.165, 1.54) is 55.2 Å². The number of hydrogen-bond donors (Lipinski definition) is 3. The molecule has 3 amide bonds. The molecule has 9 rings (SSSR count). The van der Waals surface area contributed by atoms with Gasteiger partial charge < -0.3 is 25.4 Å². The molecule has 0 bridgehead atoms. The Bertz CT molecular complexity index is 2570. The van der Waals surface area contributed by atoms with Gasteiger partial charge in [0.15, 0.2) is 6.61 Å². The number of hydrogen-bond acceptors (Lipinski definition) is 5. The van der Waals surface area contributed by atoms with Crippen LogP contribution in [0.1, 0.15) is 139 Å². The lowest BCUT2D eigenvalue weighted by Crippen LogP contribution is -2.49. The third-order valence-electron chi connectivity index (χ3n) is 13.9. The summed E-state index contributed by atoms with van der Waals surface area (Å²) in [5, 5.41) is 9.53. The number of nitrogens with one attached hydrogen (secondary N) is 3. The maximum atomic E-state index is 14.2. The molecule has 0 radical (unpaired) electrons. The van der Waals surface area contributed by atoms with Crippen molar-refractivity contribution in [3.05, 3.63) is 196 Å². The average Bonchev–Trinajstić information content (AvgIpc) is 3.49. The van der Waals surface area contributed by atoms with Crippen LogP contribution in [0.5, 0.6) is 5.75 Å². The van der Waals surface area contributed by atoms with Gasteiger partial charge in [0.1, 0.15) is 18.4 Å². The maximum Gasteiger partial charge on any atom is 0.407 e. The summed E-state index contributed by atoms with van der Waals surface area (Å²) >= 11 is 0. The van der Waals surface area contributed by atoms with E-state index < -0.39 is 18.2 Å². The Morgan fingerprint density at radius 2 is 1.26 bits per heavy atom. The highest BCUT2D eigenvalue weighted by Crippen LogP contribution is 2.45. The van der Waals surface area contributed by atoms with E-state index in [4.69, 9.17) is 9.47 Å². The molecular formula is C58H61N3O5. The van der Waals surface area contributed by atoms with E-state index in [1.807, 2.05) is 84.9 Å². The fourth-order valence-electron chi connectivity index (χ4n) is 10.4. The van der Waals surface area contributed by atoms with Gasteiger partial charge in [-0.1, -0.05) is 179 Å². The minimum Gasteiger partial charge on any atom is -0.484 e. The van der Waals surface area contributed by atoms with Gasteiger partial charge in [0.05, 0.1) is 12.1 Å². The van der Waals surface area contributed by atoms with E-state index in [-0.39, 0.29) is 37.0 Å². The van der Waals surface area contributed by atoms with Gasteiger partial charge >= 0.3 is 6.09 Å². The zero-order chi connectivity index (χ0) is 45.2. The molecular weight excluding hydrogens is 819 g/mol. The van der Waals surface area contributed by atoms with Crippen molar-refractivity contribution in [2.75, 3.05) is 13.2 Å². The highest BCUT2D eigenvalue weighted by atomic mass is 16.5. The number of aryl methyl sites for hydroxylation is 2. The molecule has 3 atom stereocenters. The Labute approximate surface area is 389 Å². The number of amides is 3. The molecule has 8 nitrogen and oxygen atoms in total. The van der Waals surface area contributed by atoms with E-state index in [1.54, 1.807) is 0 Å². The highest BCUT2D eigenvalue weighted by molar-refractivity contribution is 5.88. The molecule has 3 unspecified atom stereocenters. The van der Waals surface area contributed by atoms with Crippen LogP contribution < -0.4 is 20.7 Å². The van der Waals surface area contributed by atoms with Gasteiger partial charge in [0, 0.05) is 5.92 Å². The van der Waals surface area contributed by atoms with Crippen molar-refractivity contribution in [3.8, 4) is 16.9 Å². The first-order chi connectivity index (χ1) is 32.4. The van der Waals surface area contributed by atoms with Crippen LogP contribution in [-0.2, 0) is 27.2 Å². The second-order valence-electron chi connectivity index (χ2n) is 18.2. The molecule has 6 aromatic rings. The van der Waals surface area contributed by atoms with Crippen LogP contribution >= 0.6 is 0 Å². The summed E-state index contributed by atoms with van der Waals surface area (Å²) in [5.74, 6) is 0.488. The van der Waals surface area contributed by atoms with E-state index in [0.29, 0.717) is 18.1 Å². The Morgan fingerprint density at radius 1 is 0.636 bits per heavy atom. The van der Waals surface area contributed by atoms with Gasteiger partial charge in [-0.05, 0) is 111 Å². The van der Waals surface area contributed by atoms with Crippen molar-refractivity contribution >= 4 is 17.9 Å². The molecule has 0 aliphatic heterocycles. The Balaban J connectivity index is 0.856. The number of carbonyl (C=O) groups is 3. The molecule has 0 spiro atoms. The largest absolute Gasteiger partial charge is 0.484 e. The van der Waals surface area contributed by atoms with Gasteiger partial charge in [-0.15, -0.1) is 0 Å². The van der Waals surface area contributed by atoms with Crippen molar-refractivity contribution in [2.45, 2.75) is 108 Å². The monoisotopic (exact) mass is 879 g/mol. The average molecular weight is 880 g/mol. The van der Waals surface area contributed by atoms with E-state index in [0.717, 1.165) is 70.2 Å². The van der Waals surface area contributed by atoms with Gasteiger partial charge in [-0.25, -0.2) is 4.79 Å². The first kappa shape index (κ1) is 44.5. The summed E-state index contributed by atoms with van der Waals surface area (Å²) < 4.78 is 12.2. The number of carbonyl (C=O) groups excluding carboxylic acids is 3. The molecule has 3 N–H and O–H groups in total.